The van der Waals surface area contributed by atoms with E-state index in [-0.39, 0.29) is 11.5 Å². The molecular weight excluding hydrogens is 354 g/mol. The molecule has 2 fully saturated rings. The van der Waals surface area contributed by atoms with E-state index in [1.165, 1.54) is 5.69 Å². The van der Waals surface area contributed by atoms with Gasteiger partial charge in [0, 0.05) is 37.7 Å². The van der Waals surface area contributed by atoms with E-state index in [1.807, 2.05) is 24.3 Å². The van der Waals surface area contributed by atoms with Crippen LogP contribution >= 0.6 is 0 Å². The van der Waals surface area contributed by atoms with Gasteiger partial charge in [-0.05, 0) is 37.8 Å². The number of para-hydroxylation sites is 2. The third-order valence-electron chi connectivity index (χ3n) is 6.60. The van der Waals surface area contributed by atoms with Crippen LogP contribution in [0.3, 0.4) is 0 Å². The number of carbonyl (C=O) groups excluding carboxylic acids is 1. The van der Waals surface area contributed by atoms with Gasteiger partial charge in [-0.15, -0.1) is 0 Å². The van der Waals surface area contributed by atoms with Crippen LogP contribution in [-0.2, 0) is 16.8 Å². The Hall–Kier alpha value is -2.83. The zero-order valence-corrected chi connectivity index (χ0v) is 15.7. The molecule has 28 heavy (non-hydrogen) atoms. The molecule has 0 radical (unpaired) electrons. The number of fused-ring (bicyclic) bond motifs is 3. The van der Waals surface area contributed by atoms with E-state index in [0.717, 1.165) is 68.5 Å². The predicted molar refractivity (Wildman–Crippen MR) is 104 cm³/mol. The van der Waals surface area contributed by atoms with Crippen LogP contribution in [0.1, 0.15) is 37.1 Å². The van der Waals surface area contributed by atoms with Gasteiger partial charge in [-0.1, -0.05) is 12.1 Å². The van der Waals surface area contributed by atoms with Crippen LogP contribution in [0.15, 0.2) is 35.0 Å². The number of aromatic amines is 1. The normalized spacial score (nSPS) is 21.3. The lowest BCUT2D eigenvalue weighted by Gasteiger charge is -2.50. The molecule has 3 aliphatic rings. The summed E-state index contributed by atoms with van der Waals surface area (Å²) in [5, 5.41) is 0. The van der Waals surface area contributed by atoms with Gasteiger partial charge in [0.15, 0.2) is 5.58 Å². The number of anilines is 1. The van der Waals surface area contributed by atoms with E-state index < -0.39 is 0 Å². The second-order valence-corrected chi connectivity index (χ2v) is 8.23. The van der Waals surface area contributed by atoms with Crippen LogP contribution in [0.4, 0.5) is 6.01 Å². The molecule has 2 aromatic heterocycles. The summed E-state index contributed by atoms with van der Waals surface area (Å²) in [7, 11) is 0. The summed E-state index contributed by atoms with van der Waals surface area (Å²) in [5.74, 6) is 0.552. The number of hydrogen-bond donors (Lipinski definition) is 1. The van der Waals surface area contributed by atoms with Gasteiger partial charge in [-0.2, -0.15) is 4.98 Å². The fourth-order valence-electron chi connectivity index (χ4n) is 4.92. The molecular formula is C21H23N5O2. The van der Waals surface area contributed by atoms with Crippen LogP contribution in [-0.4, -0.2) is 45.4 Å². The molecule has 0 unspecified atom stereocenters. The van der Waals surface area contributed by atoms with E-state index in [9.17, 15) is 4.79 Å². The number of nitrogens with zero attached hydrogens (tertiary/aromatic N) is 4. The van der Waals surface area contributed by atoms with Crippen LogP contribution in [0.5, 0.6) is 0 Å². The summed E-state index contributed by atoms with van der Waals surface area (Å²) in [6.07, 6.45) is 6.42. The standard InChI is InChI=1S/C21H23N5O2/c27-19(14-5-6-14)26-10-7-16-18(23-13-22-16)21(26)8-11-25(12-9-21)20-24-15-3-1-2-4-17(15)28-20/h1-4,13-14H,5-12H2,(H,22,23). The van der Waals surface area contributed by atoms with Gasteiger partial charge in [0.1, 0.15) is 5.52 Å². The Morgan fingerprint density at radius 1 is 1.18 bits per heavy atom. The number of nitrogens with one attached hydrogen (secondary N) is 1. The minimum atomic E-state index is -0.296. The molecule has 1 saturated carbocycles. The lowest BCUT2D eigenvalue weighted by Crippen LogP contribution is -2.58. The minimum Gasteiger partial charge on any atom is -0.423 e. The number of benzene rings is 1. The Morgan fingerprint density at radius 3 is 2.79 bits per heavy atom. The number of rotatable bonds is 2. The number of aromatic nitrogens is 3. The van der Waals surface area contributed by atoms with Crippen molar-refractivity contribution in [1.82, 2.24) is 19.9 Å². The third kappa shape index (κ3) is 2.31. The van der Waals surface area contributed by atoms with Crippen LogP contribution in [0, 0.1) is 5.92 Å². The average molecular weight is 377 g/mol. The highest BCUT2D eigenvalue weighted by atomic mass is 16.4. The smallest absolute Gasteiger partial charge is 0.298 e. The maximum Gasteiger partial charge on any atom is 0.298 e. The predicted octanol–water partition coefficient (Wildman–Crippen LogP) is 2.84. The first-order valence-electron chi connectivity index (χ1n) is 10.2. The SMILES string of the molecule is O=C(C1CC1)N1CCc2[nH]cnc2C12CCN(c1nc3ccccc3o1)CC2. The summed E-state index contributed by atoms with van der Waals surface area (Å²) in [4.78, 5) is 30.1. The van der Waals surface area contributed by atoms with Crippen LogP contribution in [0.25, 0.3) is 11.1 Å². The number of oxazole rings is 1. The van der Waals surface area contributed by atoms with Gasteiger partial charge >= 0.3 is 0 Å². The van der Waals surface area contributed by atoms with Gasteiger partial charge < -0.3 is 19.2 Å². The molecule has 0 atom stereocenters. The molecule has 4 heterocycles. The molecule has 1 spiro atoms. The molecule has 0 bridgehead atoms. The highest BCUT2D eigenvalue weighted by molar-refractivity contribution is 5.82. The Morgan fingerprint density at radius 2 is 2.00 bits per heavy atom. The van der Waals surface area contributed by atoms with Crippen molar-refractivity contribution in [2.75, 3.05) is 24.5 Å². The van der Waals surface area contributed by atoms with Crippen molar-refractivity contribution >= 4 is 23.0 Å². The number of amides is 1. The van der Waals surface area contributed by atoms with Crippen LogP contribution < -0.4 is 4.90 Å². The first-order chi connectivity index (χ1) is 13.7. The van der Waals surface area contributed by atoms with E-state index in [0.29, 0.717) is 11.9 Å². The minimum absolute atomic E-state index is 0.229. The molecule has 1 N–H and O–H groups in total. The number of imidazole rings is 1. The van der Waals surface area contributed by atoms with Crippen molar-refractivity contribution in [3.8, 4) is 0 Å². The highest BCUT2D eigenvalue weighted by Gasteiger charge is 2.51. The number of H-pyrrole nitrogens is 1. The molecule has 2 aliphatic heterocycles. The quantitative estimate of drug-likeness (QED) is 0.743. The largest absolute Gasteiger partial charge is 0.423 e. The highest BCUT2D eigenvalue weighted by Crippen LogP contribution is 2.45. The molecule has 1 aromatic carbocycles. The Kier molecular flexibility index (Phi) is 3.36. The summed E-state index contributed by atoms with van der Waals surface area (Å²) in [5.41, 5.74) is 3.67. The van der Waals surface area contributed by atoms with Crippen molar-refractivity contribution in [3.63, 3.8) is 0 Å². The number of piperidine rings is 1. The Bertz CT molecular complexity index is 1010. The molecule has 6 rings (SSSR count). The fourth-order valence-corrected chi connectivity index (χ4v) is 4.92. The molecule has 1 aliphatic carbocycles. The molecule has 1 saturated heterocycles. The number of hydrogen-bond acceptors (Lipinski definition) is 5. The molecule has 1 amide bonds. The topological polar surface area (TPSA) is 78.3 Å². The first-order valence-corrected chi connectivity index (χ1v) is 10.2. The monoisotopic (exact) mass is 377 g/mol. The van der Waals surface area contributed by atoms with E-state index in [4.69, 9.17) is 4.42 Å². The molecule has 7 heteroatoms. The number of carbonyl (C=O) groups is 1. The lowest BCUT2D eigenvalue weighted by atomic mass is 9.78. The summed E-state index contributed by atoms with van der Waals surface area (Å²) in [6.45, 7) is 2.38. The fraction of sp³-hybridized carbons (Fsp3) is 0.476. The second-order valence-electron chi connectivity index (χ2n) is 8.23. The maximum absolute atomic E-state index is 13.1. The van der Waals surface area contributed by atoms with E-state index >= 15 is 0 Å². The van der Waals surface area contributed by atoms with Gasteiger partial charge in [0.05, 0.1) is 17.6 Å². The summed E-state index contributed by atoms with van der Waals surface area (Å²) < 4.78 is 5.97. The van der Waals surface area contributed by atoms with Crippen molar-refractivity contribution in [2.24, 2.45) is 5.92 Å². The zero-order valence-electron chi connectivity index (χ0n) is 15.7. The molecule has 144 valence electrons. The van der Waals surface area contributed by atoms with Crippen molar-refractivity contribution in [3.05, 3.63) is 42.0 Å². The zero-order chi connectivity index (χ0) is 18.7. The van der Waals surface area contributed by atoms with Crippen LogP contribution in [0.2, 0.25) is 0 Å². The van der Waals surface area contributed by atoms with Crippen molar-refractivity contribution < 1.29 is 9.21 Å². The third-order valence-corrected chi connectivity index (χ3v) is 6.60. The molecule has 3 aromatic rings. The van der Waals surface area contributed by atoms with Crippen molar-refractivity contribution in [2.45, 2.75) is 37.6 Å². The second kappa shape index (κ2) is 5.83. The summed E-state index contributed by atoms with van der Waals surface area (Å²) >= 11 is 0. The van der Waals surface area contributed by atoms with E-state index in [1.54, 1.807) is 6.33 Å². The Balaban J connectivity index is 1.32. The van der Waals surface area contributed by atoms with Gasteiger partial charge in [0.25, 0.3) is 6.01 Å². The van der Waals surface area contributed by atoms with E-state index in [2.05, 4.69) is 24.8 Å². The lowest BCUT2D eigenvalue weighted by molar-refractivity contribution is -0.142. The van der Waals surface area contributed by atoms with Gasteiger partial charge in [-0.25, -0.2) is 4.98 Å². The Labute approximate surface area is 162 Å². The molecule has 7 nitrogen and oxygen atoms in total. The average Bonchev–Trinajstić information content (AvgIpc) is 3.30. The maximum atomic E-state index is 13.1. The first kappa shape index (κ1) is 16.2. The van der Waals surface area contributed by atoms with Gasteiger partial charge in [-0.3, -0.25) is 4.79 Å². The van der Waals surface area contributed by atoms with Gasteiger partial charge in [0.2, 0.25) is 5.91 Å². The summed E-state index contributed by atoms with van der Waals surface area (Å²) in [6, 6.07) is 8.53. The van der Waals surface area contributed by atoms with Crippen molar-refractivity contribution in [1.29, 1.82) is 0 Å².